The summed E-state index contributed by atoms with van der Waals surface area (Å²) in [5.74, 6) is -0.0663. The summed E-state index contributed by atoms with van der Waals surface area (Å²) in [6.07, 6.45) is 0. The van der Waals surface area contributed by atoms with Crippen molar-refractivity contribution < 1.29 is 19.1 Å². The molecule has 2 amide bonds. The van der Waals surface area contributed by atoms with Gasteiger partial charge in [-0.2, -0.15) is 0 Å². The van der Waals surface area contributed by atoms with E-state index < -0.39 is 11.8 Å². The van der Waals surface area contributed by atoms with Gasteiger partial charge in [0.15, 0.2) is 11.7 Å². The minimum Gasteiger partial charge on any atom is -0.496 e. The predicted molar refractivity (Wildman–Crippen MR) is 119 cm³/mol. The maximum atomic E-state index is 12.3. The number of methoxy groups -OCH3 is 1. The second-order valence-corrected chi connectivity index (χ2v) is 8.26. The third-order valence-corrected chi connectivity index (χ3v) is 5.01. The fourth-order valence-corrected chi connectivity index (χ4v) is 3.62. The molecule has 2 rings (SSSR count). The van der Waals surface area contributed by atoms with E-state index in [1.165, 1.54) is 7.11 Å². The summed E-state index contributed by atoms with van der Waals surface area (Å²) in [5.41, 5.74) is 5.08. The molecule has 28 heavy (non-hydrogen) atoms. The van der Waals surface area contributed by atoms with Crippen LogP contribution in [0.15, 0.2) is 49.8 Å². The molecule has 0 saturated heterocycles. The molecule has 0 aromatic heterocycles. The zero-order chi connectivity index (χ0) is 20.7. The highest BCUT2D eigenvalue weighted by molar-refractivity contribution is 9.11. The average Bonchev–Trinajstić information content (AvgIpc) is 2.65. The Labute approximate surface area is 191 Å². The fraction of sp³-hybridized carbons (Fsp3) is 0.118. The molecule has 0 bridgehead atoms. The van der Waals surface area contributed by atoms with Crippen molar-refractivity contribution in [1.82, 2.24) is 16.2 Å². The second kappa shape index (κ2) is 10.7. The lowest BCUT2D eigenvalue weighted by Crippen LogP contribution is -2.49. The van der Waals surface area contributed by atoms with Crippen LogP contribution >= 0.6 is 60.0 Å². The van der Waals surface area contributed by atoms with E-state index in [0.717, 1.165) is 4.47 Å². The molecule has 0 aliphatic heterocycles. The molecule has 0 atom stereocenters. The van der Waals surface area contributed by atoms with Crippen molar-refractivity contribution in [2.45, 2.75) is 0 Å². The van der Waals surface area contributed by atoms with Crippen LogP contribution in [0.25, 0.3) is 0 Å². The highest BCUT2D eigenvalue weighted by Crippen LogP contribution is 2.28. The molecule has 2 aromatic carbocycles. The van der Waals surface area contributed by atoms with Crippen molar-refractivity contribution in [3.63, 3.8) is 0 Å². The van der Waals surface area contributed by atoms with Gasteiger partial charge in [-0.05, 0) is 64.5 Å². The molecule has 11 heteroatoms. The van der Waals surface area contributed by atoms with Gasteiger partial charge in [-0.3, -0.25) is 25.8 Å². The van der Waals surface area contributed by atoms with Crippen LogP contribution in [0.4, 0.5) is 0 Å². The zero-order valence-electron chi connectivity index (χ0n) is 14.3. The normalized spacial score (nSPS) is 10.0. The summed E-state index contributed by atoms with van der Waals surface area (Å²) < 4.78 is 12.8. The van der Waals surface area contributed by atoms with Crippen LogP contribution in [0.1, 0.15) is 10.4 Å². The van der Waals surface area contributed by atoms with Crippen molar-refractivity contribution in [3.05, 3.63) is 55.4 Å². The number of halogens is 3. The molecule has 148 valence electrons. The first-order chi connectivity index (χ1) is 13.3. The molecule has 3 N–H and O–H groups in total. The minimum absolute atomic E-state index is 0.0785. The Bertz CT molecular complexity index is 911. The standard InChI is InChI=1S/C17H14Br3N3O4S/c1-26-13-4-2-9(18)6-11(13)16(25)21-17(28)23-22-15(24)8-27-14-5-3-10(19)7-12(14)20/h2-7H,8H2,1H3,(H,22,24)(H2,21,23,25,28). The highest BCUT2D eigenvalue weighted by Gasteiger charge is 2.14. The van der Waals surface area contributed by atoms with E-state index in [1.807, 2.05) is 0 Å². The van der Waals surface area contributed by atoms with Crippen LogP contribution in [0, 0.1) is 0 Å². The van der Waals surface area contributed by atoms with Crippen LogP contribution in [-0.4, -0.2) is 30.6 Å². The molecule has 0 radical (unpaired) electrons. The fourth-order valence-electron chi connectivity index (χ4n) is 1.96. The number of benzene rings is 2. The summed E-state index contributed by atoms with van der Waals surface area (Å²) in [4.78, 5) is 24.2. The quantitative estimate of drug-likeness (QED) is 0.361. The van der Waals surface area contributed by atoms with Crippen LogP contribution in [-0.2, 0) is 4.79 Å². The van der Waals surface area contributed by atoms with E-state index in [9.17, 15) is 9.59 Å². The maximum absolute atomic E-state index is 12.3. The lowest BCUT2D eigenvalue weighted by Gasteiger charge is -2.13. The number of hydrazine groups is 1. The van der Waals surface area contributed by atoms with E-state index in [1.54, 1.807) is 36.4 Å². The van der Waals surface area contributed by atoms with Gasteiger partial charge in [-0.1, -0.05) is 31.9 Å². The average molecular weight is 596 g/mol. The molecule has 0 aliphatic carbocycles. The van der Waals surface area contributed by atoms with Crippen molar-refractivity contribution in [2.75, 3.05) is 13.7 Å². The lowest BCUT2D eigenvalue weighted by molar-refractivity contribution is -0.123. The molecule has 7 nitrogen and oxygen atoms in total. The molecule has 0 spiro atoms. The Hall–Kier alpha value is -1.69. The van der Waals surface area contributed by atoms with Gasteiger partial charge in [-0.15, -0.1) is 0 Å². The van der Waals surface area contributed by atoms with E-state index in [2.05, 4.69) is 64.0 Å². The topological polar surface area (TPSA) is 88.7 Å². The van der Waals surface area contributed by atoms with E-state index in [4.69, 9.17) is 21.7 Å². The largest absolute Gasteiger partial charge is 0.496 e. The van der Waals surface area contributed by atoms with Crippen LogP contribution in [0.2, 0.25) is 0 Å². The molecular weight excluding hydrogens is 582 g/mol. The number of rotatable bonds is 5. The highest BCUT2D eigenvalue weighted by atomic mass is 79.9. The van der Waals surface area contributed by atoms with Gasteiger partial charge < -0.3 is 9.47 Å². The third-order valence-electron chi connectivity index (χ3n) is 3.20. The Morgan fingerprint density at radius 3 is 2.29 bits per heavy atom. The van der Waals surface area contributed by atoms with Gasteiger partial charge in [0.25, 0.3) is 11.8 Å². The number of ether oxygens (including phenoxy) is 2. The number of thiocarbonyl (C=S) groups is 1. The third kappa shape index (κ3) is 6.73. The van der Waals surface area contributed by atoms with Crippen LogP contribution in [0.3, 0.4) is 0 Å². The number of carbonyl (C=O) groups excluding carboxylic acids is 2. The molecule has 0 unspecified atom stereocenters. The van der Waals surface area contributed by atoms with E-state index >= 15 is 0 Å². The summed E-state index contributed by atoms with van der Waals surface area (Å²) in [6, 6.07) is 10.3. The lowest BCUT2D eigenvalue weighted by atomic mass is 10.2. The smallest absolute Gasteiger partial charge is 0.276 e. The first-order valence-electron chi connectivity index (χ1n) is 7.61. The maximum Gasteiger partial charge on any atom is 0.276 e. The summed E-state index contributed by atoms with van der Waals surface area (Å²) in [6.45, 7) is -0.247. The van der Waals surface area contributed by atoms with Gasteiger partial charge in [-0.25, -0.2) is 0 Å². The second-order valence-electron chi connectivity index (χ2n) is 5.16. The van der Waals surface area contributed by atoms with Gasteiger partial charge in [0.05, 0.1) is 17.1 Å². The predicted octanol–water partition coefficient (Wildman–Crippen LogP) is 3.70. The van der Waals surface area contributed by atoms with Crippen LogP contribution < -0.4 is 25.6 Å². The van der Waals surface area contributed by atoms with Crippen molar-refractivity contribution in [1.29, 1.82) is 0 Å². The first kappa shape index (κ1) is 22.6. The molecule has 0 fully saturated rings. The van der Waals surface area contributed by atoms with Crippen molar-refractivity contribution in [2.24, 2.45) is 0 Å². The molecule has 0 heterocycles. The Kier molecular flexibility index (Phi) is 8.67. The Morgan fingerprint density at radius 1 is 1.00 bits per heavy atom. The Morgan fingerprint density at radius 2 is 1.64 bits per heavy atom. The first-order valence-corrected chi connectivity index (χ1v) is 10.4. The zero-order valence-corrected chi connectivity index (χ0v) is 19.9. The number of hydrogen-bond donors (Lipinski definition) is 3. The van der Waals surface area contributed by atoms with Crippen LogP contribution in [0.5, 0.6) is 11.5 Å². The van der Waals surface area contributed by atoms with E-state index in [-0.39, 0.29) is 17.3 Å². The van der Waals surface area contributed by atoms with Gasteiger partial charge in [0.1, 0.15) is 11.5 Å². The molecule has 0 saturated carbocycles. The number of hydrogen-bond acceptors (Lipinski definition) is 5. The molecular formula is C17H14Br3N3O4S. The monoisotopic (exact) mass is 593 g/mol. The van der Waals surface area contributed by atoms with Gasteiger partial charge >= 0.3 is 0 Å². The SMILES string of the molecule is COc1ccc(Br)cc1C(=O)NC(=S)NNC(=O)COc1ccc(Br)cc1Br. The number of nitrogens with one attached hydrogen (secondary N) is 3. The molecule has 2 aromatic rings. The Balaban J connectivity index is 1.82. The van der Waals surface area contributed by atoms with Gasteiger partial charge in [0, 0.05) is 8.95 Å². The number of carbonyl (C=O) groups is 2. The molecule has 0 aliphatic rings. The van der Waals surface area contributed by atoms with Crippen molar-refractivity contribution >= 4 is 76.9 Å². The summed E-state index contributed by atoms with van der Waals surface area (Å²) in [5, 5.41) is 2.38. The summed E-state index contributed by atoms with van der Waals surface area (Å²) >= 11 is 15.0. The van der Waals surface area contributed by atoms with Gasteiger partial charge in [0.2, 0.25) is 0 Å². The summed E-state index contributed by atoms with van der Waals surface area (Å²) in [7, 11) is 1.46. The van der Waals surface area contributed by atoms with E-state index in [0.29, 0.717) is 20.4 Å². The van der Waals surface area contributed by atoms with Crippen molar-refractivity contribution in [3.8, 4) is 11.5 Å². The minimum atomic E-state index is -0.486. The number of amides is 2.